The van der Waals surface area contributed by atoms with Crippen LogP contribution >= 0.6 is 11.3 Å². The van der Waals surface area contributed by atoms with Gasteiger partial charge in [-0.25, -0.2) is 14.8 Å². The molecule has 2 fully saturated rings. The number of nitrogens with one attached hydrogen (secondary N) is 2. The van der Waals surface area contributed by atoms with Crippen molar-refractivity contribution < 1.29 is 24.1 Å². The third-order valence-electron chi connectivity index (χ3n) is 7.53. The second-order valence-electron chi connectivity index (χ2n) is 10.9. The van der Waals surface area contributed by atoms with E-state index in [1.807, 2.05) is 51.1 Å². The third-order valence-corrected chi connectivity index (χ3v) is 8.59. The molecule has 214 valence electrons. The Morgan fingerprint density at radius 3 is 2.71 bits per heavy atom. The standard InChI is InChI=1S/C30H33N5O5S/c1-16-23(27-34-20-10-5-6-11-22(20)41-27)26(33-21-13-19(15-36)24-25(21)40-30(2,3)39-24)35-29(32-16)31-14-17-8-7-9-18(12-17)28(37)38-4/h5-12,19,21,24-25,36H,13-15H2,1-4H3,(H2,31,32,33,35)/t19-,21-,24-,25+/m1/s1. The number of esters is 1. The minimum absolute atomic E-state index is 0.0176. The lowest BCUT2D eigenvalue weighted by Crippen LogP contribution is -2.35. The second-order valence-corrected chi connectivity index (χ2v) is 11.9. The molecule has 0 radical (unpaired) electrons. The number of carbonyl (C=O) groups is 1. The molecular formula is C30H33N5O5S. The average molecular weight is 576 g/mol. The minimum atomic E-state index is -0.730. The van der Waals surface area contributed by atoms with Crippen LogP contribution in [0.4, 0.5) is 11.8 Å². The van der Waals surface area contributed by atoms with Gasteiger partial charge in [0.1, 0.15) is 16.9 Å². The zero-order valence-electron chi connectivity index (χ0n) is 23.4. The van der Waals surface area contributed by atoms with Crippen LogP contribution in [0.5, 0.6) is 0 Å². The molecule has 6 rings (SSSR count). The van der Waals surface area contributed by atoms with Crippen LogP contribution in [0.2, 0.25) is 0 Å². The van der Waals surface area contributed by atoms with Crippen LogP contribution in [-0.2, 0) is 20.8 Å². The van der Waals surface area contributed by atoms with Gasteiger partial charge in [0, 0.05) is 19.1 Å². The summed E-state index contributed by atoms with van der Waals surface area (Å²) < 4.78 is 18.4. The molecule has 0 spiro atoms. The summed E-state index contributed by atoms with van der Waals surface area (Å²) in [7, 11) is 1.37. The van der Waals surface area contributed by atoms with Crippen molar-refractivity contribution in [2.45, 2.75) is 57.8 Å². The largest absolute Gasteiger partial charge is 0.465 e. The van der Waals surface area contributed by atoms with Gasteiger partial charge in [-0.3, -0.25) is 0 Å². The van der Waals surface area contributed by atoms with E-state index in [0.29, 0.717) is 30.3 Å². The average Bonchev–Trinajstić information content (AvgIpc) is 3.62. The van der Waals surface area contributed by atoms with E-state index in [0.717, 1.165) is 32.0 Å². The molecule has 11 heteroatoms. The summed E-state index contributed by atoms with van der Waals surface area (Å²) in [5.41, 5.74) is 3.88. The number of rotatable bonds is 8. The van der Waals surface area contributed by atoms with E-state index in [2.05, 4.69) is 16.7 Å². The van der Waals surface area contributed by atoms with Crippen molar-refractivity contribution in [3.63, 3.8) is 0 Å². The van der Waals surface area contributed by atoms with Crippen molar-refractivity contribution >= 4 is 39.3 Å². The molecular weight excluding hydrogens is 542 g/mol. The molecule has 2 aromatic heterocycles. The van der Waals surface area contributed by atoms with Crippen LogP contribution in [0.25, 0.3) is 20.8 Å². The number of aliphatic hydroxyl groups is 1. The molecule has 4 atom stereocenters. The Hall–Kier alpha value is -3.64. The van der Waals surface area contributed by atoms with E-state index in [1.54, 1.807) is 23.5 Å². The maximum atomic E-state index is 12.0. The summed E-state index contributed by atoms with van der Waals surface area (Å²) >= 11 is 1.59. The van der Waals surface area contributed by atoms with Gasteiger partial charge in [0.05, 0.1) is 46.3 Å². The minimum Gasteiger partial charge on any atom is -0.465 e. The number of benzene rings is 2. The number of thiazole rings is 1. The van der Waals surface area contributed by atoms with Crippen LogP contribution < -0.4 is 10.6 Å². The van der Waals surface area contributed by atoms with Gasteiger partial charge in [0.15, 0.2) is 5.79 Å². The number of aromatic nitrogens is 3. The molecule has 1 aliphatic carbocycles. The number of ether oxygens (including phenoxy) is 3. The quantitative estimate of drug-likeness (QED) is 0.253. The molecule has 3 heterocycles. The predicted molar refractivity (Wildman–Crippen MR) is 157 cm³/mol. The van der Waals surface area contributed by atoms with Crippen LogP contribution in [0, 0.1) is 12.8 Å². The number of anilines is 2. The Bertz CT molecular complexity index is 1560. The molecule has 3 N–H and O–H groups in total. The van der Waals surface area contributed by atoms with Gasteiger partial charge in [0.25, 0.3) is 0 Å². The van der Waals surface area contributed by atoms with Gasteiger partial charge in [0.2, 0.25) is 5.95 Å². The lowest BCUT2D eigenvalue weighted by Gasteiger charge is -2.25. The van der Waals surface area contributed by atoms with Crippen LogP contribution in [-0.4, -0.2) is 63.8 Å². The highest BCUT2D eigenvalue weighted by Crippen LogP contribution is 2.44. The maximum absolute atomic E-state index is 12.0. The number of carbonyl (C=O) groups excluding carboxylic acids is 1. The van der Waals surface area contributed by atoms with E-state index in [4.69, 9.17) is 29.2 Å². The first-order chi connectivity index (χ1) is 19.7. The Balaban J connectivity index is 1.34. The van der Waals surface area contributed by atoms with Crippen LogP contribution in [0.1, 0.15) is 41.9 Å². The van der Waals surface area contributed by atoms with Crippen molar-refractivity contribution in [1.82, 2.24) is 15.0 Å². The highest BCUT2D eigenvalue weighted by molar-refractivity contribution is 7.21. The van der Waals surface area contributed by atoms with Gasteiger partial charge in [-0.15, -0.1) is 11.3 Å². The van der Waals surface area contributed by atoms with Crippen LogP contribution in [0.3, 0.4) is 0 Å². The van der Waals surface area contributed by atoms with Crippen LogP contribution in [0.15, 0.2) is 48.5 Å². The molecule has 0 bridgehead atoms. The highest BCUT2D eigenvalue weighted by Gasteiger charge is 2.54. The molecule has 2 aromatic carbocycles. The summed E-state index contributed by atoms with van der Waals surface area (Å²) in [6, 6.07) is 15.1. The second kappa shape index (κ2) is 11.0. The van der Waals surface area contributed by atoms with Crippen molar-refractivity contribution in [3.05, 3.63) is 65.4 Å². The lowest BCUT2D eigenvalue weighted by atomic mass is 10.1. The number of hydrogen-bond donors (Lipinski definition) is 3. The Labute approximate surface area is 242 Å². The number of hydrogen-bond acceptors (Lipinski definition) is 11. The zero-order valence-corrected chi connectivity index (χ0v) is 24.2. The molecule has 2 aliphatic rings. The number of aliphatic hydroxyl groups excluding tert-OH is 1. The SMILES string of the molecule is COC(=O)c1cccc(CNc2nc(C)c(-c3nc4ccccc4s3)c(N[C@@H]3C[C@H](CO)[C@H]4OC(C)(C)O[C@H]43)n2)c1. The summed E-state index contributed by atoms with van der Waals surface area (Å²) in [4.78, 5) is 26.6. The smallest absolute Gasteiger partial charge is 0.337 e. The number of methoxy groups -OCH3 is 1. The van der Waals surface area contributed by atoms with E-state index >= 15 is 0 Å². The van der Waals surface area contributed by atoms with Crippen molar-refractivity contribution in [3.8, 4) is 10.6 Å². The molecule has 1 saturated heterocycles. The summed E-state index contributed by atoms with van der Waals surface area (Å²) in [5.74, 6) is -0.0873. The molecule has 41 heavy (non-hydrogen) atoms. The zero-order chi connectivity index (χ0) is 28.7. The van der Waals surface area contributed by atoms with Gasteiger partial charge >= 0.3 is 5.97 Å². The lowest BCUT2D eigenvalue weighted by molar-refractivity contribution is -0.158. The summed E-state index contributed by atoms with van der Waals surface area (Å²) in [6.45, 7) is 6.17. The fourth-order valence-corrected chi connectivity index (χ4v) is 6.74. The van der Waals surface area contributed by atoms with Crippen molar-refractivity contribution in [2.24, 2.45) is 5.92 Å². The fraction of sp³-hybridized carbons (Fsp3) is 0.400. The molecule has 1 saturated carbocycles. The molecule has 4 aromatic rings. The molecule has 1 aliphatic heterocycles. The molecule has 0 amide bonds. The van der Waals surface area contributed by atoms with Gasteiger partial charge < -0.3 is 30.0 Å². The van der Waals surface area contributed by atoms with E-state index in [9.17, 15) is 9.90 Å². The molecule has 0 unspecified atom stereocenters. The van der Waals surface area contributed by atoms with E-state index in [1.165, 1.54) is 7.11 Å². The summed E-state index contributed by atoms with van der Waals surface area (Å²) in [6.07, 6.45) is 0.229. The number of aryl methyl sites for hydroxylation is 1. The number of para-hydroxylation sites is 1. The normalized spacial score (nSPS) is 23.0. The topological polar surface area (TPSA) is 128 Å². The first kappa shape index (κ1) is 27.5. The first-order valence-corrected chi connectivity index (χ1v) is 14.4. The van der Waals surface area contributed by atoms with Gasteiger partial charge in [-0.05, 0) is 57.0 Å². The summed E-state index contributed by atoms with van der Waals surface area (Å²) in [5, 5.41) is 17.8. The number of fused-ring (bicyclic) bond motifs is 2. The Morgan fingerprint density at radius 2 is 1.93 bits per heavy atom. The highest BCUT2D eigenvalue weighted by atomic mass is 32.1. The molecule has 10 nitrogen and oxygen atoms in total. The Kier molecular flexibility index (Phi) is 7.37. The van der Waals surface area contributed by atoms with Gasteiger partial charge in [-0.2, -0.15) is 4.98 Å². The predicted octanol–water partition coefficient (Wildman–Crippen LogP) is 4.77. The Morgan fingerprint density at radius 1 is 1.12 bits per heavy atom. The maximum Gasteiger partial charge on any atom is 0.337 e. The van der Waals surface area contributed by atoms with Crippen molar-refractivity contribution in [2.75, 3.05) is 24.4 Å². The van der Waals surface area contributed by atoms with Gasteiger partial charge in [-0.1, -0.05) is 24.3 Å². The third kappa shape index (κ3) is 5.50. The monoisotopic (exact) mass is 575 g/mol. The van der Waals surface area contributed by atoms with E-state index < -0.39 is 5.79 Å². The first-order valence-electron chi connectivity index (χ1n) is 13.6. The van der Waals surface area contributed by atoms with E-state index in [-0.39, 0.29) is 36.7 Å². The number of nitrogens with zero attached hydrogens (tertiary/aromatic N) is 3. The van der Waals surface area contributed by atoms with Crippen molar-refractivity contribution in [1.29, 1.82) is 0 Å². The fourth-order valence-electron chi connectivity index (χ4n) is 5.68.